The number of carbonyl (C=O) groups is 1. The molecule has 3 aromatic carbocycles. The van der Waals surface area contributed by atoms with Crippen LogP contribution in [0.5, 0.6) is 0 Å². The van der Waals surface area contributed by atoms with Gasteiger partial charge in [-0.1, -0.05) is 42.5 Å². The summed E-state index contributed by atoms with van der Waals surface area (Å²) in [5, 5.41) is 0.586. The molecule has 4 rings (SSSR count). The quantitative estimate of drug-likeness (QED) is 0.482. The number of primary amides is 1. The van der Waals surface area contributed by atoms with Gasteiger partial charge in [0.15, 0.2) is 0 Å². The van der Waals surface area contributed by atoms with Gasteiger partial charge in [-0.05, 0) is 46.5 Å². The highest BCUT2D eigenvalue weighted by Crippen LogP contribution is 2.34. The van der Waals surface area contributed by atoms with Crippen molar-refractivity contribution in [2.45, 2.75) is 6.18 Å². The van der Waals surface area contributed by atoms with Crippen LogP contribution in [0.2, 0.25) is 0 Å². The standard InChI is InChI=1S/C22H15F3N2O2/c23-22(24,25)16-3-1-2-14(10-16)12-4-6-13(7-5-12)15-8-9-17-18(11-15)29-20(19(17)26)21(27)28/h1-11H,26H2,(H2,27,28). The van der Waals surface area contributed by atoms with Crippen molar-refractivity contribution in [3.63, 3.8) is 0 Å². The third-order valence-electron chi connectivity index (χ3n) is 4.69. The zero-order chi connectivity index (χ0) is 20.8. The van der Waals surface area contributed by atoms with E-state index in [1.165, 1.54) is 6.07 Å². The molecule has 0 radical (unpaired) electrons. The minimum absolute atomic E-state index is 0.0861. The lowest BCUT2D eigenvalue weighted by Crippen LogP contribution is -2.11. The van der Waals surface area contributed by atoms with Gasteiger partial charge in [0.1, 0.15) is 5.58 Å². The summed E-state index contributed by atoms with van der Waals surface area (Å²) in [6, 6.07) is 17.6. The van der Waals surface area contributed by atoms with E-state index in [0.717, 1.165) is 23.3 Å². The van der Waals surface area contributed by atoms with E-state index in [1.807, 2.05) is 6.07 Å². The first-order chi connectivity index (χ1) is 13.7. The third kappa shape index (κ3) is 3.42. The van der Waals surface area contributed by atoms with Crippen molar-refractivity contribution < 1.29 is 22.4 Å². The molecule has 0 aliphatic heterocycles. The average molecular weight is 396 g/mol. The minimum atomic E-state index is -4.39. The van der Waals surface area contributed by atoms with Crippen LogP contribution >= 0.6 is 0 Å². The highest BCUT2D eigenvalue weighted by atomic mass is 19.4. The summed E-state index contributed by atoms with van der Waals surface area (Å²) in [4.78, 5) is 11.4. The van der Waals surface area contributed by atoms with Crippen molar-refractivity contribution in [2.75, 3.05) is 5.73 Å². The summed E-state index contributed by atoms with van der Waals surface area (Å²) < 4.78 is 44.2. The molecule has 0 aliphatic rings. The van der Waals surface area contributed by atoms with Gasteiger partial charge in [-0.3, -0.25) is 4.79 Å². The molecule has 1 amide bonds. The summed E-state index contributed by atoms with van der Waals surface area (Å²) in [5.74, 6) is -0.831. The minimum Gasteiger partial charge on any atom is -0.449 e. The average Bonchev–Trinajstić information content (AvgIpc) is 3.04. The fourth-order valence-electron chi connectivity index (χ4n) is 3.21. The van der Waals surface area contributed by atoms with E-state index in [2.05, 4.69) is 0 Å². The van der Waals surface area contributed by atoms with E-state index in [0.29, 0.717) is 22.1 Å². The Balaban J connectivity index is 1.69. The molecule has 0 fully saturated rings. The lowest BCUT2D eigenvalue weighted by molar-refractivity contribution is -0.137. The predicted octanol–water partition coefficient (Wildman–Crippen LogP) is 5.47. The molecule has 1 heterocycles. The number of benzene rings is 3. The Kier molecular flexibility index (Phi) is 4.30. The van der Waals surface area contributed by atoms with Crippen molar-refractivity contribution in [2.24, 2.45) is 5.73 Å². The maximum Gasteiger partial charge on any atom is 0.416 e. The molecular weight excluding hydrogens is 381 g/mol. The van der Waals surface area contributed by atoms with Gasteiger partial charge >= 0.3 is 6.18 Å². The van der Waals surface area contributed by atoms with Crippen LogP contribution in [0.15, 0.2) is 71.1 Å². The number of nitrogen functional groups attached to an aromatic ring is 1. The summed E-state index contributed by atoms with van der Waals surface area (Å²) in [7, 11) is 0. The van der Waals surface area contributed by atoms with Crippen LogP contribution in [0.1, 0.15) is 16.1 Å². The topological polar surface area (TPSA) is 82.2 Å². The number of amides is 1. The number of furan rings is 1. The molecule has 4 N–H and O–H groups in total. The third-order valence-corrected chi connectivity index (χ3v) is 4.69. The predicted molar refractivity (Wildman–Crippen MR) is 105 cm³/mol. The number of fused-ring (bicyclic) bond motifs is 1. The second-order valence-corrected chi connectivity index (χ2v) is 6.58. The monoisotopic (exact) mass is 396 g/mol. The van der Waals surface area contributed by atoms with Gasteiger partial charge in [-0.15, -0.1) is 0 Å². The summed E-state index contributed by atoms with van der Waals surface area (Å²) >= 11 is 0. The Hall–Kier alpha value is -3.74. The van der Waals surface area contributed by atoms with Crippen LogP contribution in [-0.4, -0.2) is 5.91 Å². The van der Waals surface area contributed by atoms with Crippen molar-refractivity contribution in [3.8, 4) is 22.3 Å². The number of anilines is 1. The molecule has 146 valence electrons. The normalized spacial score (nSPS) is 11.7. The Morgan fingerprint density at radius 2 is 1.41 bits per heavy atom. The number of carbonyl (C=O) groups excluding carboxylic acids is 1. The number of alkyl halides is 3. The lowest BCUT2D eigenvalue weighted by Gasteiger charge is -2.09. The Morgan fingerprint density at radius 3 is 2.00 bits per heavy atom. The van der Waals surface area contributed by atoms with Gasteiger partial charge in [0.2, 0.25) is 5.76 Å². The van der Waals surface area contributed by atoms with Gasteiger partial charge in [-0.25, -0.2) is 0 Å². The maximum absolute atomic E-state index is 12.9. The first-order valence-corrected chi connectivity index (χ1v) is 8.64. The molecule has 4 aromatic rings. The van der Waals surface area contributed by atoms with Crippen molar-refractivity contribution in [1.82, 2.24) is 0 Å². The molecular formula is C22H15F3N2O2. The fourth-order valence-corrected chi connectivity index (χ4v) is 3.21. The number of hydrogen-bond acceptors (Lipinski definition) is 3. The number of hydrogen-bond donors (Lipinski definition) is 2. The Bertz CT molecular complexity index is 1230. The first kappa shape index (κ1) is 18.6. The summed E-state index contributed by atoms with van der Waals surface area (Å²) in [5.41, 5.74) is 13.8. The van der Waals surface area contributed by atoms with Crippen LogP contribution in [0.4, 0.5) is 18.9 Å². The van der Waals surface area contributed by atoms with Gasteiger partial charge in [0.05, 0.1) is 11.3 Å². The van der Waals surface area contributed by atoms with Crippen molar-refractivity contribution in [1.29, 1.82) is 0 Å². The van der Waals surface area contributed by atoms with Gasteiger partial charge in [0, 0.05) is 5.39 Å². The Labute approximate surface area is 163 Å². The molecule has 0 saturated heterocycles. The fraction of sp³-hybridized carbons (Fsp3) is 0.0455. The largest absolute Gasteiger partial charge is 0.449 e. The van der Waals surface area contributed by atoms with Gasteiger partial charge < -0.3 is 15.9 Å². The molecule has 0 atom stereocenters. The second kappa shape index (κ2) is 6.70. The van der Waals surface area contributed by atoms with Crippen LogP contribution in [0.25, 0.3) is 33.2 Å². The molecule has 1 aromatic heterocycles. The zero-order valence-corrected chi connectivity index (χ0v) is 15.0. The van der Waals surface area contributed by atoms with E-state index < -0.39 is 17.6 Å². The molecule has 7 heteroatoms. The molecule has 0 spiro atoms. The van der Waals surface area contributed by atoms with E-state index in [9.17, 15) is 18.0 Å². The van der Waals surface area contributed by atoms with Gasteiger partial charge in [-0.2, -0.15) is 13.2 Å². The maximum atomic E-state index is 12.9. The van der Waals surface area contributed by atoms with Crippen molar-refractivity contribution in [3.05, 3.63) is 78.1 Å². The lowest BCUT2D eigenvalue weighted by atomic mass is 9.98. The first-order valence-electron chi connectivity index (χ1n) is 8.64. The summed E-state index contributed by atoms with van der Waals surface area (Å²) in [6.45, 7) is 0. The van der Waals surface area contributed by atoms with E-state index >= 15 is 0 Å². The van der Waals surface area contributed by atoms with E-state index in [4.69, 9.17) is 15.9 Å². The highest BCUT2D eigenvalue weighted by Gasteiger charge is 2.30. The molecule has 0 unspecified atom stereocenters. The molecule has 0 aliphatic carbocycles. The highest BCUT2D eigenvalue weighted by molar-refractivity contribution is 6.05. The zero-order valence-electron chi connectivity index (χ0n) is 15.0. The Morgan fingerprint density at radius 1 is 0.828 bits per heavy atom. The van der Waals surface area contributed by atoms with E-state index in [-0.39, 0.29) is 11.4 Å². The van der Waals surface area contributed by atoms with Crippen LogP contribution in [0.3, 0.4) is 0 Å². The molecule has 0 bridgehead atoms. The number of rotatable bonds is 3. The van der Waals surface area contributed by atoms with Crippen molar-refractivity contribution >= 4 is 22.6 Å². The molecule has 29 heavy (non-hydrogen) atoms. The smallest absolute Gasteiger partial charge is 0.416 e. The number of halogens is 3. The van der Waals surface area contributed by atoms with Crippen LogP contribution in [0, 0.1) is 0 Å². The molecule has 0 saturated carbocycles. The molecule has 4 nitrogen and oxygen atoms in total. The summed E-state index contributed by atoms with van der Waals surface area (Å²) in [6.07, 6.45) is -4.39. The van der Waals surface area contributed by atoms with Crippen LogP contribution < -0.4 is 11.5 Å². The second-order valence-electron chi connectivity index (χ2n) is 6.58. The van der Waals surface area contributed by atoms with E-state index in [1.54, 1.807) is 42.5 Å². The van der Waals surface area contributed by atoms with Gasteiger partial charge in [0.25, 0.3) is 5.91 Å². The SMILES string of the molecule is NC(=O)c1oc2cc(-c3ccc(-c4cccc(C(F)(F)F)c4)cc3)ccc2c1N. The van der Waals surface area contributed by atoms with Crippen LogP contribution in [-0.2, 0) is 6.18 Å². The number of nitrogens with two attached hydrogens (primary N) is 2.